The van der Waals surface area contributed by atoms with E-state index in [-0.39, 0.29) is 17.8 Å². The standard InChI is InChI=1S/C13H18N4O3/c1-7(2)13-14-10(17(19)20)6-16(13)12-9-4-3-8(5-9)11(12)15-18/h6-9,12,18H,3-5H2,1-2H3/b15-11-/t8-,9-,12+/m0/s1. The van der Waals surface area contributed by atoms with Crippen molar-refractivity contribution in [2.45, 2.75) is 45.1 Å². The third-order valence-electron chi connectivity index (χ3n) is 4.51. The van der Waals surface area contributed by atoms with Crippen LogP contribution in [-0.4, -0.2) is 25.4 Å². The minimum absolute atomic E-state index is 0.0719. The molecule has 7 heteroatoms. The first kappa shape index (κ1) is 13.1. The molecule has 2 fully saturated rings. The fraction of sp³-hybridized carbons (Fsp3) is 0.692. The van der Waals surface area contributed by atoms with Crippen LogP contribution in [0.4, 0.5) is 5.82 Å². The van der Waals surface area contributed by atoms with Crippen molar-refractivity contribution in [2.24, 2.45) is 17.0 Å². The van der Waals surface area contributed by atoms with Crippen molar-refractivity contribution in [3.8, 4) is 0 Å². The molecule has 0 amide bonds. The number of rotatable bonds is 3. The maximum Gasteiger partial charge on any atom is 0.381 e. The molecule has 2 saturated carbocycles. The number of oxime groups is 1. The Morgan fingerprint density at radius 1 is 1.55 bits per heavy atom. The van der Waals surface area contributed by atoms with Gasteiger partial charge in [-0.1, -0.05) is 19.0 Å². The van der Waals surface area contributed by atoms with Gasteiger partial charge < -0.3 is 15.3 Å². The largest absolute Gasteiger partial charge is 0.411 e. The van der Waals surface area contributed by atoms with Gasteiger partial charge in [0, 0.05) is 11.8 Å². The number of nitro groups is 1. The zero-order valence-electron chi connectivity index (χ0n) is 11.6. The Bertz CT molecular complexity index is 578. The smallest absolute Gasteiger partial charge is 0.381 e. The van der Waals surface area contributed by atoms with Crippen molar-refractivity contribution in [3.05, 3.63) is 22.1 Å². The molecule has 0 radical (unpaired) electrons. The molecular weight excluding hydrogens is 260 g/mol. The molecule has 1 aromatic heterocycles. The molecule has 108 valence electrons. The summed E-state index contributed by atoms with van der Waals surface area (Å²) in [7, 11) is 0. The topological polar surface area (TPSA) is 93.5 Å². The van der Waals surface area contributed by atoms with Crippen LogP contribution < -0.4 is 0 Å². The molecule has 0 unspecified atom stereocenters. The van der Waals surface area contributed by atoms with E-state index in [0.717, 1.165) is 25.0 Å². The summed E-state index contributed by atoms with van der Waals surface area (Å²) in [6.45, 7) is 3.93. The van der Waals surface area contributed by atoms with Crippen molar-refractivity contribution in [3.63, 3.8) is 0 Å². The molecule has 7 nitrogen and oxygen atoms in total. The van der Waals surface area contributed by atoms with Crippen molar-refractivity contribution in [1.29, 1.82) is 0 Å². The van der Waals surface area contributed by atoms with Gasteiger partial charge in [0.05, 0.1) is 11.8 Å². The molecule has 0 saturated heterocycles. The average molecular weight is 278 g/mol. The molecule has 2 aliphatic carbocycles. The lowest BCUT2D eigenvalue weighted by molar-refractivity contribution is -0.389. The molecular formula is C13H18N4O3. The highest BCUT2D eigenvalue weighted by atomic mass is 16.6. The van der Waals surface area contributed by atoms with Crippen molar-refractivity contribution < 1.29 is 10.1 Å². The van der Waals surface area contributed by atoms with Crippen LogP contribution in [0.15, 0.2) is 11.4 Å². The summed E-state index contributed by atoms with van der Waals surface area (Å²) in [6, 6.07) is -0.0719. The van der Waals surface area contributed by atoms with Gasteiger partial charge in [-0.05, 0) is 35.1 Å². The lowest BCUT2D eigenvalue weighted by Crippen LogP contribution is -2.27. The third kappa shape index (κ3) is 1.80. The molecule has 1 heterocycles. The summed E-state index contributed by atoms with van der Waals surface area (Å²) in [4.78, 5) is 14.6. The fourth-order valence-corrected chi connectivity index (χ4v) is 3.70. The Kier molecular flexibility index (Phi) is 2.99. The number of fused-ring (bicyclic) bond motifs is 2. The van der Waals surface area contributed by atoms with Crippen LogP contribution in [0.1, 0.15) is 50.9 Å². The Balaban J connectivity index is 2.07. The van der Waals surface area contributed by atoms with E-state index in [1.165, 1.54) is 6.20 Å². The number of aromatic nitrogens is 2. The normalized spacial score (nSPS) is 30.6. The molecule has 20 heavy (non-hydrogen) atoms. The first-order chi connectivity index (χ1) is 9.52. The number of hydrogen-bond donors (Lipinski definition) is 1. The molecule has 1 aromatic rings. The van der Waals surface area contributed by atoms with E-state index >= 15 is 0 Å². The second-order valence-corrected chi connectivity index (χ2v) is 6.02. The predicted molar refractivity (Wildman–Crippen MR) is 72.1 cm³/mol. The van der Waals surface area contributed by atoms with Crippen molar-refractivity contribution in [1.82, 2.24) is 9.55 Å². The van der Waals surface area contributed by atoms with Gasteiger partial charge in [-0.3, -0.25) is 4.57 Å². The summed E-state index contributed by atoms with van der Waals surface area (Å²) in [5.41, 5.74) is 0.760. The minimum atomic E-state index is -0.467. The van der Waals surface area contributed by atoms with E-state index in [2.05, 4.69) is 10.1 Å². The SMILES string of the molecule is CC(C)c1nc([N+](=O)[O-])cn1[C@H]1/C(=N\O)[C@H]2CC[C@H]1C2. The third-order valence-corrected chi connectivity index (χ3v) is 4.51. The van der Waals surface area contributed by atoms with Crippen molar-refractivity contribution in [2.75, 3.05) is 0 Å². The quantitative estimate of drug-likeness (QED) is 0.522. The van der Waals surface area contributed by atoms with Gasteiger partial charge in [0.1, 0.15) is 6.20 Å². The van der Waals surface area contributed by atoms with Crippen LogP contribution in [0.5, 0.6) is 0 Å². The van der Waals surface area contributed by atoms with Crippen LogP contribution in [0.25, 0.3) is 0 Å². The number of nitrogens with zero attached hydrogens (tertiary/aromatic N) is 4. The first-order valence-electron chi connectivity index (χ1n) is 6.98. The molecule has 2 aliphatic rings. The molecule has 3 rings (SSSR count). The van der Waals surface area contributed by atoms with Crippen LogP contribution in [-0.2, 0) is 0 Å². The van der Waals surface area contributed by atoms with Crippen molar-refractivity contribution >= 4 is 11.5 Å². The summed E-state index contributed by atoms with van der Waals surface area (Å²) < 4.78 is 1.86. The second kappa shape index (κ2) is 4.57. The minimum Gasteiger partial charge on any atom is -0.411 e. The zero-order valence-corrected chi connectivity index (χ0v) is 11.6. The van der Waals surface area contributed by atoms with E-state index in [0.29, 0.717) is 17.7 Å². The van der Waals surface area contributed by atoms with E-state index < -0.39 is 4.92 Å². The molecule has 3 atom stereocenters. The van der Waals surface area contributed by atoms with Crippen LogP contribution >= 0.6 is 0 Å². The monoisotopic (exact) mass is 278 g/mol. The van der Waals surface area contributed by atoms with Gasteiger partial charge in [-0.2, -0.15) is 0 Å². The zero-order chi connectivity index (χ0) is 14.4. The molecule has 0 aromatic carbocycles. The maximum atomic E-state index is 11.0. The predicted octanol–water partition coefficient (Wildman–Crippen LogP) is 2.72. The van der Waals surface area contributed by atoms with Gasteiger partial charge >= 0.3 is 5.82 Å². The van der Waals surface area contributed by atoms with Gasteiger partial charge in [0.15, 0.2) is 0 Å². The van der Waals surface area contributed by atoms with E-state index in [4.69, 9.17) is 0 Å². The summed E-state index contributed by atoms with van der Waals surface area (Å²) in [6.07, 6.45) is 4.63. The van der Waals surface area contributed by atoms with Crippen LogP contribution in [0.3, 0.4) is 0 Å². The highest BCUT2D eigenvalue weighted by Crippen LogP contribution is 2.49. The maximum absolute atomic E-state index is 11.0. The lowest BCUT2D eigenvalue weighted by Gasteiger charge is -2.24. The fourth-order valence-electron chi connectivity index (χ4n) is 3.70. The van der Waals surface area contributed by atoms with Crippen LogP contribution in [0, 0.1) is 22.0 Å². The summed E-state index contributed by atoms with van der Waals surface area (Å²) in [5, 5.41) is 23.7. The van der Waals surface area contributed by atoms with Gasteiger partial charge in [0.2, 0.25) is 5.82 Å². The first-order valence-corrected chi connectivity index (χ1v) is 6.98. The Labute approximate surface area is 116 Å². The summed E-state index contributed by atoms with van der Waals surface area (Å²) in [5.74, 6) is 1.36. The Morgan fingerprint density at radius 2 is 2.30 bits per heavy atom. The van der Waals surface area contributed by atoms with Crippen LogP contribution in [0.2, 0.25) is 0 Å². The number of imidazole rings is 1. The second-order valence-electron chi connectivity index (χ2n) is 6.02. The molecule has 0 spiro atoms. The molecule has 1 N–H and O–H groups in total. The van der Waals surface area contributed by atoms with E-state index in [1.807, 2.05) is 18.4 Å². The number of hydrogen-bond acceptors (Lipinski definition) is 5. The highest BCUT2D eigenvalue weighted by Gasteiger charge is 2.48. The average Bonchev–Trinajstić information content (AvgIpc) is 3.10. The van der Waals surface area contributed by atoms with E-state index in [9.17, 15) is 15.3 Å². The Hall–Kier alpha value is -1.92. The molecule has 2 bridgehead atoms. The van der Waals surface area contributed by atoms with Gasteiger partial charge in [-0.25, -0.2) is 0 Å². The van der Waals surface area contributed by atoms with E-state index in [1.54, 1.807) is 0 Å². The summed E-state index contributed by atoms with van der Waals surface area (Å²) >= 11 is 0. The Morgan fingerprint density at radius 3 is 2.90 bits per heavy atom. The van der Waals surface area contributed by atoms with Gasteiger partial charge in [0.25, 0.3) is 0 Å². The highest BCUT2D eigenvalue weighted by molar-refractivity contribution is 5.93. The molecule has 0 aliphatic heterocycles. The van der Waals surface area contributed by atoms with Gasteiger partial charge in [-0.15, -0.1) is 0 Å². The lowest BCUT2D eigenvalue weighted by atomic mass is 9.92.